The van der Waals surface area contributed by atoms with Crippen LogP contribution in [0.5, 0.6) is 11.5 Å². The predicted molar refractivity (Wildman–Crippen MR) is 92.8 cm³/mol. The monoisotopic (exact) mass is 354 g/mol. The standard InChI is InChI=1S/C20H28F2O3/c1-3-5-6-7-14-8-10-15(11-9-14)20(23)25-17-13-12-16(24-4-2)18(21)19(17)22/h12-15H,3-11H2,1-2H3. The number of ether oxygens (including phenoxy) is 2. The number of unbranched alkanes of at least 4 members (excludes halogenated alkanes) is 2. The summed E-state index contributed by atoms with van der Waals surface area (Å²) >= 11 is 0. The number of carbonyl (C=O) groups is 1. The Morgan fingerprint density at radius 1 is 1.04 bits per heavy atom. The van der Waals surface area contributed by atoms with E-state index in [1.54, 1.807) is 6.92 Å². The van der Waals surface area contributed by atoms with Crippen LogP contribution in [0.15, 0.2) is 12.1 Å². The zero-order valence-electron chi connectivity index (χ0n) is 15.2. The number of rotatable bonds is 8. The SMILES string of the molecule is CCCCCC1CCC(C(=O)Oc2ccc(OCC)c(F)c2F)CC1. The molecule has 0 unspecified atom stereocenters. The summed E-state index contributed by atoms with van der Waals surface area (Å²) in [7, 11) is 0. The van der Waals surface area contributed by atoms with Crippen LogP contribution in [0.25, 0.3) is 0 Å². The molecule has 5 heteroatoms. The summed E-state index contributed by atoms with van der Waals surface area (Å²) in [4.78, 5) is 12.3. The van der Waals surface area contributed by atoms with Crippen molar-refractivity contribution in [3.05, 3.63) is 23.8 Å². The minimum atomic E-state index is -1.17. The Labute approximate surface area is 148 Å². The minimum Gasteiger partial charge on any atom is -0.491 e. The molecule has 0 amide bonds. The highest BCUT2D eigenvalue weighted by molar-refractivity contribution is 5.75. The zero-order valence-corrected chi connectivity index (χ0v) is 15.2. The van der Waals surface area contributed by atoms with E-state index in [4.69, 9.17) is 9.47 Å². The second-order valence-corrected chi connectivity index (χ2v) is 6.76. The summed E-state index contributed by atoms with van der Waals surface area (Å²) in [5.74, 6) is -2.84. The van der Waals surface area contributed by atoms with E-state index in [0.29, 0.717) is 5.92 Å². The van der Waals surface area contributed by atoms with E-state index in [-0.39, 0.29) is 24.0 Å². The third-order valence-corrected chi connectivity index (χ3v) is 4.92. The lowest BCUT2D eigenvalue weighted by atomic mass is 9.80. The van der Waals surface area contributed by atoms with Gasteiger partial charge in [-0.15, -0.1) is 0 Å². The van der Waals surface area contributed by atoms with Gasteiger partial charge in [-0.25, -0.2) is 0 Å². The molecule has 0 saturated heterocycles. The van der Waals surface area contributed by atoms with E-state index in [1.807, 2.05) is 0 Å². The highest BCUT2D eigenvalue weighted by Gasteiger charge is 2.28. The Kier molecular flexibility index (Phi) is 7.66. The summed E-state index contributed by atoms with van der Waals surface area (Å²) in [6.45, 7) is 4.11. The van der Waals surface area contributed by atoms with Gasteiger partial charge < -0.3 is 9.47 Å². The summed E-state index contributed by atoms with van der Waals surface area (Å²) in [6, 6.07) is 2.53. The van der Waals surface area contributed by atoms with Gasteiger partial charge in [-0.3, -0.25) is 4.79 Å². The summed E-state index contributed by atoms with van der Waals surface area (Å²) in [5.41, 5.74) is 0. The molecule has 1 fully saturated rings. The van der Waals surface area contributed by atoms with Gasteiger partial charge in [0.2, 0.25) is 11.6 Å². The van der Waals surface area contributed by atoms with Crippen molar-refractivity contribution in [3.8, 4) is 11.5 Å². The first-order valence-corrected chi connectivity index (χ1v) is 9.39. The number of esters is 1. The largest absolute Gasteiger partial charge is 0.491 e. The van der Waals surface area contributed by atoms with Gasteiger partial charge in [0.05, 0.1) is 12.5 Å². The lowest BCUT2D eigenvalue weighted by molar-refractivity contribution is -0.140. The van der Waals surface area contributed by atoms with Crippen LogP contribution < -0.4 is 9.47 Å². The fourth-order valence-electron chi connectivity index (χ4n) is 3.42. The second-order valence-electron chi connectivity index (χ2n) is 6.76. The van der Waals surface area contributed by atoms with Gasteiger partial charge in [0.25, 0.3) is 0 Å². The highest BCUT2D eigenvalue weighted by Crippen LogP contribution is 2.34. The first-order valence-electron chi connectivity index (χ1n) is 9.39. The normalized spacial score (nSPS) is 20.3. The van der Waals surface area contributed by atoms with Crippen molar-refractivity contribution in [2.45, 2.75) is 65.2 Å². The molecule has 1 saturated carbocycles. The number of hydrogen-bond acceptors (Lipinski definition) is 3. The fraction of sp³-hybridized carbons (Fsp3) is 0.650. The maximum Gasteiger partial charge on any atom is 0.314 e. The number of carbonyl (C=O) groups excluding carboxylic acids is 1. The van der Waals surface area contributed by atoms with Crippen LogP contribution in [0.2, 0.25) is 0 Å². The molecular formula is C20H28F2O3. The predicted octanol–water partition coefficient (Wildman–Crippen LogP) is 5.66. The maximum absolute atomic E-state index is 14.0. The first-order chi connectivity index (χ1) is 12.1. The lowest BCUT2D eigenvalue weighted by Gasteiger charge is -2.27. The molecule has 0 atom stereocenters. The lowest BCUT2D eigenvalue weighted by Crippen LogP contribution is -2.26. The Bertz CT molecular complexity index is 566. The first kappa shape index (κ1) is 19.7. The molecule has 0 heterocycles. The van der Waals surface area contributed by atoms with E-state index in [2.05, 4.69) is 6.92 Å². The van der Waals surface area contributed by atoms with Crippen LogP contribution in [-0.4, -0.2) is 12.6 Å². The molecule has 3 nitrogen and oxygen atoms in total. The molecule has 140 valence electrons. The van der Waals surface area contributed by atoms with Gasteiger partial charge >= 0.3 is 5.97 Å². The van der Waals surface area contributed by atoms with Gasteiger partial charge in [-0.1, -0.05) is 32.6 Å². The third kappa shape index (κ3) is 5.41. The molecule has 0 radical (unpaired) electrons. The molecular weight excluding hydrogens is 326 g/mol. The van der Waals surface area contributed by atoms with Crippen LogP contribution in [0.4, 0.5) is 8.78 Å². The van der Waals surface area contributed by atoms with Gasteiger partial charge in [0.15, 0.2) is 11.5 Å². The molecule has 0 aromatic heterocycles. The van der Waals surface area contributed by atoms with Crippen LogP contribution >= 0.6 is 0 Å². The van der Waals surface area contributed by atoms with Crippen LogP contribution in [0.1, 0.15) is 65.2 Å². The van der Waals surface area contributed by atoms with Crippen LogP contribution in [-0.2, 0) is 4.79 Å². The summed E-state index contributed by atoms with van der Waals surface area (Å²) in [6.07, 6.45) is 8.46. The zero-order chi connectivity index (χ0) is 18.2. The molecule has 0 bridgehead atoms. The Morgan fingerprint density at radius 2 is 1.68 bits per heavy atom. The summed E-state index contributed by atoms with van der Waals surface area (Å²) in [5, 5.41) is 0. The molecule has 2 rings (SSSR count). The van der Waals surface area contributed by atoms with E-state index >= 15 is 0 Å². The average molecular weight is 354 g/mol. The van der Waals surface area contributed by atoms with Crippen molar-refractivity contribution in [2.75, 3.05) is 6.61 Å². The van der Waals surface area contributed by atoms with Crippen LogP contribution in [0, 0.1) is 23.5 Å². The number of halogens is 2. The van der Waals surface area contributed by atoms with Crippen molar-refractivity contribution in [3.63, 3.8) is 0 Å². The van der Waals surface area contributed by atoms with Gasteiger partial charge in [0, 0.05) is 0 Å². The molecule has 1 aromatic carbocycles. The van der Waals surface area contributed by atoms with Gasteiger partial charge in [0.1, 0.15) is 0 Å². The molecule has 1 aliphatic rings. The topological polar surface area (TPSA) is 35.5 Å². The fourth-order valence-corrected chi connectivity index (χ4v) is 3.42. The van der Waals surface area contributed by atoms with Gasteiger partial charge in [-0.2, -0.15) is 8.78 Å². The van der Waals surface area contributed by atoms with E-state index < -0.39 is 17.6 Å². The number of benzene rings is 1. The second kappa shape index (κ2) is 9.73. The molecule has 0 spiro atoms. The molecule has 0 aliphatic heterocycles. The van der Waals surface area contributed by atoms with Crippen molar-refractivity contribution in [2.24, 2.45) is 11.8 Å². The van der Waals surface area contributed by atoms with E-state index in [1.165, 1.54) is 37.8 Å². The maximum atomic E-state index is 14.0. The van der Waals surface area contributed by atoms with Crippen molar-refractivity contribution < 1.29 is 23.0 Å². The minimum absolute atomic E-state index is 0.174. The van der Waals surface area contributed by atoms with Crippen LogP contribution in [0.3, 0.4) is 0 Å². The Hall–Kier alpha value is -1.65. The molecule has 1 aliphatic carbocycles. The molecule has 1 aromatic rings. The smallest absolute Gasteiger partial charge is 0.314 e. The van der Waals surface area contributed by atoms with Gasteiger partial charge in [-0.05, 0) is 50.7 Å². The number of hydrogen-bond donors (Lipinski definition) is 0. The third-order valence-electron chi connectivity index (χ3n) is 4.92. The summed E-state index contributed by atoms with van der Waals surface area (Å²) < 4.78 is 38.0. The van der Waals surface area contributed by atoms with Crippen molar-refractivity contribution in [1.82, 2.24) is 0 Å². The van der Waals surface area contributed by atoms with Crippen molar-refractivity contribution in [1.29, 1.82) is 0 Å². The Morgan fingerprint density at radius 3 is 2.32 bits per heavy atom. The van der Waals surface area contributed by atoms with E-state index in [9.17, 15) is 13.6 Å². The molecule has 0 N–H and O–H groups in total. The van der Waals surface area contributed by atoms with E-state index in [0.717, 1.165) is 25.7 Å². The average Bonchev–Trinajstić information content (AvgIpc) is 2.62. The highest BCUT2D eigenvalue weighted by atomic mass is 19.2. The molecule has 25 heavy (non-hydrogen) atoms. The van der Waals surface area contributed by atoms with Crippen molar-refractivity contribution >= 4 is 5.97 Å². The quantitative estimate of drug-likeness (QED) is 0.343. The Balaban J connectivity index is 1.87.